The van der Waals surface area contributed by atoms with Gasteiger partial charge in [0.2, 0.25) is 0 Å². The minimum Gasteiger partial charge on any atom is -0.371 e. The van der Waals surface area contributed by atoms with Gasteiger partial charge < -0.3 is 4.90 Å². The fourth-order valence-corrected chi connectivity index (χ4v) is 1.57. The van der Waals surface area contributed by atoms with Gasteiger partial charge in [-0.05, 0) is 6.42 Å². The summed E-state index contributed by atoms with van der Waals surface area (Å²) in [4.78, 5) is 6.47. The molecule has 6 heteroatoms. The van der Waals surface area contributed by atoms with Crippen LogP contribution in [-0.2, 0) is 0 Å². The molecule has 15 heavy (non-hydrogen) atoms. The Bertz CT molecular complexity index is 206. The lowest BCUT2D eigenvalue weighted by Gasteiger charge is -2.22. The molecule has 0 fully saturated rings. The van der Waals surface area contributed by atoms with Gasteiger partial charge in [-0.2, -0.15) is 0 Å². The van der Waals surface area contributed by atoms with Gasteiger partial charge in [-0.3, -0.25) is 4.99 Å². The summed E-state index contributed by atoms with van der Waals surface area (Å²) in [6, 6.07) is 0. The molecular formula is C9H16Cl4N2. The Morgan fingerprint density at radius 1 is 1.27 bits per heavy atom. The summed E-state index contributed by atoms with van der Waals surface area (Å²) in [5.41, 5.74) is 1.16. The largest absolute Gasteiger partial charge is 0.371 e. The van der Waals surface area contributed by atoms with E-state index in [4.69, 9.17) is 23.2 Å². The minimum absolute atomic E-state index is 0. The quantitative estimate of drug-likeness (QED) is 0.710. The Balaban J connectivity index is 0. The third-order valence-electron chi connectivity index (χ3n) is 1.88. The summed E-state index contributed by atoms with van der Waals surface area (Å²) in [6.45, 7) is 1.90. The summed E-state index contributed by atoms with van der Waals surface area (Å²) in [6.07, 6.45) is 5.73. The number of alkyl halides is 2. The summed E-state index contributed by atoms with van der Waals surface area (Å²) in [5.74, 6) is 1.36. The van der Waals surface area contributed by atoms with E-state index in [1.54, 1.807) is 0 Å². The third kappa shape index (κ3) is 7.29. The number of rotatable bonds is 5. The molecule has 0 aromatic heterocycles. The van der Waals surface area contributed by atoms with Gasteiger partial charge in [0.1, 0.15) is 0 Å². The first-order chi connectivity index (χ1) is 6.36. The van der Waals surface area contributed by atoms with E-state index in [0.717, 1.165) is 31.6 Å². The van der Waals surface area contributed by atoms with Crippen molar-refractivity contribution in [2.45, 2.75) is 12.8 Å². The Labute approximate surface area is 114 Å². The molecule has 0 unspecified atom stereocenters. The number of halogens is 4. The van der Waals surface area contributed by atoms with Crippen LogP contribution in [0.2, 0.25) is 0 Å². The van der Waals surface area contributed by atoms with E-state index in [0.29, 0.717) is 11.8 Å². The van der Waals surface area contributed by atoms with Crippen LogP contribution in [-0.4, -0.2) is 35.5 Å². The molecule has 0 atom stereocenters. The molecule has 0 N–H and O–H groups in total. The lowest BCUT2D eigenvalue weighted by Crippen LogP contribution is -2.28. The van der Waals surface area contributed by atoms with Crippen LogP contribution < -0.4 is 0 Å². The number of nitrogens with zero attached hydrogens (tertiary/aromatic N) is 2. The van der Waals surface area contributed by atoms with Gasteiger partial charge in [0.05, 0.1) is 6.54 Å². The third-order valence-corrected chi connectivity index (χ3v) is 2.34. The van der Waals surface area contributed by atoms with Crippen molar-refractivity contribution in [3.63, 3.8) is 0 Å². The number of hydrogen-bond acceptors (Lipinski definition) is 2. The summed E-state index contributed by atoms with van der Waals surface area (Å²) in [5, 5.41) is 0. The molecule has 2 nitrogen and oxygen atoms in total. The van der Waals surface area contributed by atoms with Gasteiger partial charge in [0.15, 0.2) is 0 Å². The Hall–Kier alpha value is 0.370. The van der Waals surface area contributed by atoms with Gasteiger partial charge in [0.25, 0.3) is 0 Å². The Morgan fingerprint density at radius 3 is 2.60 bits per heavy atom. The smallest absolute Gasteiger partial charge is 0.0558 e. The van der Waals surface area contributed by atoms with Crippen molar-refractivity contribution in [3.05, 3.63) is 12.4 Å². The highest BCUT2D eigenvalue weighted by atomic mass is 35.5. The topological polar surface area (TPSA) is 15.6 Å². The van der Waals surface area contributed by atoms with Crippen molar-refractivity contribution in [3.8, 4) is 0 Å². The van der Waals surface area contributed by atoms with E-state index in [9.17, 15) is 0 Å². The molecule has 0 amide bonds. The van der Waals surface area contributed by atoms with Crippen molar-refractivity contribution in [2.75, 3.05) is 24.8 Å². The van der Waals surface area contributed by atoms with E-state index in [1.165, 1.54) is 0 Å². The summed E-state index contributed by atoms with van der Waals surface area (Å²) >= 11 is 11.3. The van der Waals surface area contributed by atoms with E-state index >= 15 is 0 Å². The van der Waals surface area contributed by atoms with Crippen molar-refractivity contribution < 1.29 is 0 Å². The second-order valence-electron chi connectivity index (χ2n) is 2.95. The van der Waals surface area contributed by atoms with E-state index in [2.05, 4.69) is 9.89 Å². The molecule has 0 spiro atoms. The highest BCUT2D eigenvalue weighted by molar-refractivity contribution is 6.19. The molecule has 0 saturated heterocycles. The first-order valence-corrected chi connectivity index (χ1v) is 5.52. The summed E-state index contributed by atoms with van der Waals surface area (Å²) < 4.78 is 0. The highest BCUT2D eigenvalue weighted by Crippen LogP contribution is 2.04. The van der Waals surface area contributed by atoms with Crippen LogP contribution in [0, 0.1) is 0 Å². The molecule has 0 radical (unpaired) electrons. The Morgan fingerprint density at radius 2 is 2.00 bits per heavy atom. The molecule has 0 aromatic carbocycles. The first-order valence-electron chi connectivity index (χ1n) is 4.45. The van der Waals surface area contributed by atoms with E-state index < -0.39 is 0 Å². The molecule has 0 bridgehead atoms. The zero-order chi connectivity index (χ0) is 9.52. The maximum atomic E-state index is 5.64. The molecule has 1 rings (SSSR count). The van der Waals surface area contributed by atoms with Crippen molar-refractivity contribution in [1.82, 2.24) is 4.90 Å². The fraction of sp³-hybridized carbons (Fsp3) is 0.667. The normalized spacial score (nSPS) is 14.0. The van der Waals surface area contributed by atoms with Crippen LogP contribution in [0.4, 0.5) is 0 Å². The van der Waals surface area contributed by atoms with Gasteiger partial charge in [-0.1, -0.05) is 0 Å². The maximum absolute atomic E-state index is 5.64. The van der Waals surface area contributed by atoms with Crippen molar-refractivity contribution in [2.24, 2.45) is 4.99 Å². The fourth-order valence-electron chi connectivity index (χ4n) is 1.23. The number of aliphatic imine (C=N–C) groups is 1. The van der Waals surface area contributed by atoms with Crippen LogP contribution in [0.3, 0.4) is 0 Å². The van der Waals surface area contributed by atoms with Crippen LogP contribution in [0.1, 0.15) is 12.8 Å². The summed E-state index contributed by atoms with van der Waals surface area (Å²) in [7, 11) is 0. The van der Waals surface area contributed by atoms with Crippen LogP contribution in [0.15, 0.2) is 17.4 Å². The maximum Gasteiger partial charge on any atom is 0.0558 e. The second kappa shape index (κ2) is 10.9. The molecule has 1 aliphatic heterocycles. The molecule has 1 heterocycles. The number of hydrogen-bond donors (Lipinski definition) is 0. The van der Waals surface area contributed by atoms with Crippen molar-refractivity contribution in [1.29, 1.82) is 0 Å². The Kier molecular flexibility index (Phi) is 12.9. The zero-order valence-electron chi connectivity index (χ0n) is 8.36. The predicted octanol–water partition coefficient (Wildman–Crippen LogP) is 3.32. The SMILES string of the molecule is Cl.Cl.ClCCCN1C=CN=C(CCCl)C1. The average molecular weight is 294 g/mol. The first kappa shape index (κ1) is 17.8. The van der Waals surface area contributed by atoms with Gasteiger partial charge in [-0.25, -0.2) is 0 Å². The molecule has 0 aliphatic carbocycles. The standard InChI is InChI=1S/C9H14Cl2N2.2ClH/c10-3-1-6-13-7-5-12-9(8-13)2-4-11;;/h5,7H,1-4,6,8H2;2*1H. The lowest BCUT2D eigenvalue weighted by molar-refractivity contribution is 0.419. The van der Waals surface area contributed by atoms with Gasteiger partial charge in [-0.15, -0.1) is 48.0 Å². The van der Waals surface area contributed by atoms with Crippen LogP contribution in [0.25, 0.3) is 0 Å². The zero-order valence-corrected chi connectivity index (χ0v) is 11.5. The highest BCUT2D eigenvalue weighted by Gasteiger charge is 2.07. The van der Waals surface area contributed by atoms with Crippen LogP contribution >= 0.6 is 48.0 Å². The van der Waals surface area contributed by atoms with Gasteiger partial charge >= 0.3 is 0 Å². The molecule has 1 aliphatic rings. The molecule has 0 aromatic rings. The molecule has 90 valence electrons. The monoisotopic (exact) mass is 292 g/mol. The molecular weight excluding hydrogens is 278 g/mol. The molecule has 0 saturated carbocycles. The van der Waals surface area contributed by atoms with E-state index in [-0.39, 0.29) is 24.8 Å². The van der Waals surface area contributed by atoms with E-state index in [1.807, 2.05) is 12.4 Å². The van der Waals surface area contributed by atoms with Crippen molar-refractivity contribution >= 4 is 53.7 Å². The second-order valence-corrected chi connectivity index (χ2v) is 3.70. The predicted molar refractivity (Wildman–Crippen MR) is 73.3 cm³/mol. The lowest BCUT2D eigenvalue weighted by atomic mass is 10.2. The minimum atomic E-state index is 0. The van der Waals surface area contributed by atoms with Gasteiger partial charge in [0, 0.05) is 42.8 Å². The van der Waals surface area contributed by atoms with Crippen LogP contribution in [0.5, 0.6) is 0 Å². The average Bonchev–Trinajstić information content (AvgIpc) is 2.16.